The predicted octanol–water partition coefficient (Wildman–Crippen LogP) is 1.77. The molecule has 1 aliphatic rings. The summed E-state index contributed by atoms with van der Waals surface area (Å²) < 4.78 is 7.49. The maximum absolute atomic E-state index is 12.4. The minimum absolute atomic E-state index is 0.0118. The number of aromatic nitrogens is 1. The Balaban J connectivity index is 1.63. The zero-order valence-electron chi connectivity index (χ0n) is 16.7. The summed E-state index contributed by atoms with van der Waals surface area (Å²) in [6.45, 7) is 7.25. The summed E-state index contributed by atoms with van der Waals surface area (Å²) in [5.74, 6) is -1.29. The molecule has 28 heavy (non-hydrogen) atoms. The number of nitrogens with one attached hydrogen (secondary N) is 2. The van der Waals surface area contributed by atoms with Crippen molar-refractivity contribution in [3.63, 3.8) is 0 Å². The topological polar surface area (TPSA) is 75.6 Å². The van der Waals surface area contributed by atoms with Gasteiger partial charge in [0.05, 0.1) is 19.3 Å². The Morgan fingerprint density at radius 3 is 2.50 bits per heavy atom. The maximum Gasteiger partial charge on any atom is 0.313 e. The summed E-state index contributed by atoms with van der Waals surface area (Å²) in [6.07, 6.45) is 1.98. The lowest BCUT2D eigenvalue weighted by Crippen LogP contribution is -2.46. The molecule has 0 saturated carbocycles. The van der Waals surface area contributed by atoms with Gasteiger partial charge in [-0.1, -0.05) is 6.07 Å². The first-order valence-electron chi connectivity index (χ1n) is 9.55. The van der Waals surface area contributed by atoms with E-state index in [1.807, 2.05) is 55.9 Å². The smallest absolute Gasteiger partial charge is 0.313 e. The highest BCUT2D eigenvalue weighted by Gasteiger charge is 2.26. The SMILES string of the molecule is Cc1ccc(NC(=O)C(=O)NC[C@@H](c2cccn2C)N2CCOCC2)cc1C. The van der Waals surface area contributed by atoms with E-state index in [0.29, 0.717) is 25.4 Å². The molecule has 0 spiro atoms. The molecule has 0 unspecified atom stereocenters. The summed E-state index contributed by atoms with van der Waals surface area (Å²) in [5, 5.41) is 5.46. The van der Waals surface area contributed by atoms with E-state index in [4.69, 9.17) is 4.74 Å². The minimum Gasteiger partial charge on any atom is -0.379 e. The number of benzene rings is 1. The van der Waals surface area contributed by atoms with Gasteiger partial charge in [-0.25, -0.2) is 0 Å². The molecule has 3 rings (SSSR count). The van der Waals surface area contributed by atoms with Gasteiger partial charge < -0.3 is 19.9 Å². The van der Waals surface area contributed by atoms with Crippen molar-refractivity contribution in [2.45, 2.75) is 19.9 Å². The highest BCUT2D eigenvalue weighted by molar-refractivity contribution is 6.39. The molecule has 2 N–H and O–H groups in total. The van der Waals surface area contributed by atoms with Crippen molar-refractivity contribution in [1.82, 2.24) is 14.8 Å². The summed E-state index contributed by atoms with van der Waals surface area (Å²) in [5.41, 5.74) is 3.92. The monoisotopic (exact) mass is 384 g/mol. The van der Waals surface area contributed by atoms with Gasteiger partial charge in [-0.05, 0) is 49.2 Å². The Kier molecular flexibility index (Phi) is 6.49. The van der Waals surface area contributed by atoms with Crippen LogP contribution in [0.15, 0.2) is 36.5 Å². The first-order valence-corrected chi connectivity index (χ1v) is 9.55. The van der Waals surface area contributed by atoms with Crippen molar-refractivity contribution in [3.05, 3.63) is 53.3 Å². The number of ether oxygens (including phenoxy) is 1. The van der Waals surface area contributed by atoms with E-state index < -0.39 is 11.8 Å². The van der Waals surface area contributed by atoms with E-state index in [2.05, 4.69) is 15.5 Å². The number of aryl methyl sites for hydroxylation is 3. The molecule has 7 heteroatoms. The third kappa shape index (κ3) is 4.79. The number of nitrogens with zero attached hydrogens (tertiary/aromatic N) is 2. The number of carbonyl (C=O) groups is 2. The molecule has 2 heterocycles. The van der Waals surface area contributed by atoms with Crippen LogP contribution >= 0.6 is 0 Å². The number of morpholine rings is 1. The molecule has 1 aromatic carbocycles. The van der Waals surface area contributed by atoms with Crippen LogP contribution < -0.4 is 10.6 Å². The second-order valence-corrected chi connectivity index (χ2v) is 7.17. The van der Waals surface area contributed by atoms with E-state index in [9.17, 15) is 9.59 Å². The fraction of sp³-hybridized carbons (Fsp3) is 0.429. The maximum atomic E-state index is 12.4. The summed E-state index contributed by atoms with van der Waals surface area (Å²) in [6, 6.07) is 9.60. The van der Waals surface area contributed by atoms with Crippen molar-refractivity contribution in [3.8, 4) is 0 Å². The van der Waals surface area contributed by atoms with Gasteiger partial charge >= 0.3 is 11.8 Å². The zero-order chi connectivity index (χ0) is 20.1. The summed E-state index contributed by atoms with van der Waals surface area (Å²) >= 11 is 0. The van der Waals surface area contributed by atoms with Gasteiger partial charge in [0.25, 0.3) is 0 Å². The predicted molar refractivity (Wildman–Crippen MR) is 108 cm³/mol. The van der Waals surface area contributed by atoms with Gasteiger partial charge in [-0.2, -0.15) is 0 Å². The summed E-state index contributed by atoms with van der Waals surface area (Å²) in [7, 11) is 1.98. The molecule has 7 nitrogen and oxygen atoms in total. The fourth-order valence-corrected chi connectivity index (χ4v) is 3.41. The fourth-order valence-electron chi connectivity index (χ4n) is 3.41. The van der Waals surface area contributed by atoms with Crippen LogP contribution in [0.5, 0.6) is 0 Å². The number of anilines is 1. The van der Waals surface area contributed by atoms with Crippen molar-refractivity contribution >= 4 is 17.5 Å². The van der Waals surface area contributed by atoms with Crippen LogP contribution in [0.3, 0.4) is 0 Å². The van der Waals surface area contributed by atoms with Crippen molar-refractivity contribution < 1.29 is 14.3 Å². The molecule has 1 aromatic heterocycles. The first kappa shape index (κ1) is 20.1. The van der Waals surface area contributed by atoms with E-state index in [0.717, 1.165) is 29.9 Å². The van der Waals surface area contributed by atoms with Crippen LogP contribution in [0.1, 0.15) is 22.9 Å². The summed E-state index contributed by atoms with van der Waals surface area (Å²) in [4.78, 5) is 26.9. The van der Waals surface area contributed by atoms with Gasteiger partial charge in [0, 0.05) is 44.3 Å². The molecular weight excluding hydrogens is 356 g/mol. The van der Waals surface area contributed by atoms with Gasteiger partial charge in [0.1, 0.15) is 0 Å². The third-order valence-electron chi connectivity index (χ3n) is 5.24. The Hall–Kier alpha value is -2.64. The molecule has 1 aliphatic heterocycles. The molecule has 150 valence electrons. The van der Waals surface area contributed by atoms with E-state index in [1.54, 1.807) is 6.07 Å². The molecule has 0 aliphatic carbocycles. The van der Waals surface area contributed by atoms with Crippen LogP contribution in [0.25, 0.3) is 0 Å². The standard InChI is InChI=1S/C21H28N4O3/c1-15-6-7-17(13-16(15)2)23-21(27)20(26)22-14-19(18-5-4-8-24(18)3)25-9-11-28-12-10-25/h4-8,13,19H,9-12,14H2,1-3H3,(H,22,26)(H,23,27)/t19-/m0/s1. The number of amides is 2. The van der Waals surface area contributed by atoms with Gasteiger partial charge in [0.15, 0.2) is 0 Å². The Bertz CT molecular complexity index is 840. The van der Waals surface area contributed by atoms with Crippen molar-refractivity contribution in [1.29, 1.82) is 0 Å². The van der Waals surface area contributed by atoms with Crippen LogP contribution in [-0.4, -0.2) is 54.1 Å². The largest absolute Gasteiger partial charge is 0.379 e. The Labute approximate surface area is 165 Å². The van der Waals surface area contributed by atoms with Gasteiger partial charge in [0.2, 0.25) is 0 Å². The molecule has 1 saturated heterocycles. The van der Waals surface area contributed by atoms with Crippen LogP contribution in [0, 0.1) is 13.8 Å². The molecule has 2 amide bonds. The number of hydrogen-bond donors (Lipinski definition) is 2. The lowest BCUT2D eigenvalue weighted by molar-refractivity contribution is -0.136. The number of carbonyl (C=O) groups excluding carboxylic acids is 2. The Morgan fingerprint density at radius 2 is 1.86 bits per heavy atom. The highest BCUT2D eigenvalue weighted by Crippen LogP contribution is 2.21. The molecule has 1 fully saturated rings. The van der Waals surface area contributed by atoms with Gasteiger partial charge in [-0.3, -0.25) is 14.5 Å². The first-order chi connectivity index (χ1) is 13.5. The quantitative estimate of drug-likeness (QED) is 0.771. The zero-order valence-corrected chi connectivity index (χ0v) is 16.7. The second kappa shape index (κ2) is 9.03. The third-order valence-corrected chi connectivity index (χ3v) is 5.24. The average Bonchev–Trinajstić information content (AvgIpc) is 3.11. The van der Waals surface area contributed by atoms with E-state index in [1.165, 1.54) is 0 Å². The molecular formula is C21H28N4O3. The lowest BCUT2D eigenvalue weighted by atomic mass is 10.1. The number of rotatable bonds is 5. The van der Waals surface area contributed by atoms with Crippen LogP contribution in [-0.2, 0) is 21.4 Å². The van der Waals surface area contributed by atoms with E-state index >= 15 is 0 Å². The number of hydrogen-bond acceptors (Lipinski definition) is 4. The van der Waals surface area contributed by atoms with Crippen LogP contribution in [0.4, 0.5) is 5.69 Å². The molecule has 0 bridgehead atoms. The van der Waals surface area contributed by atoms with Crippen molar-refractivity contribution in [2.75, 3.05) is 38.2 Å². The lowest BCUT2D eigenvalue weighted by Gasteiger charge is -2.34. The Morgan fingerprint density at radius 1 is 1.11 bits per heavy atom. The normalized spacial score (nSPS) is 15.8. The van der Waals surface area contributed by atoms with Gasteiger partial charge in [-0.15, -0.1) is 0 Å². The van der Waals surface area contributed by atoms with Crippen LogP contribution in [0.2, 0.25) is 0 Å². The second-order valence-electron chi connectivity index (χ2n) is 7.17. The molecule has 1 atom stereocenters. The minimum atomic E-state index is -0.657. The molecule has 2 aromatic rings. The highest BCUT2D eigenvalue weighted by atomic mass is 16.5. The average molecular weight is 384 g/mol. The van der Waals surface area contributed by atoms with Crippen molar-refractivity contribution in [2.24, 2.45) is 7.05 Å². The molecule has 0 radical (unpaired) electrons. The van der Waals surface area contributed by atoms with E-state index in [-0.39, 0.29) is 6.04 Å².